The molecule has 1 aliphatic rings. The van der Waals surface area contributed by atoms with Crippen LogP contribution in [0.15, 0.2) is 18.2 Å². The number of carbonyl (C=O) groups excluding carboxylic acids is 2. The smallest absolute Gasteiger partial charge is 0.352 e. The van der Waals surface area contributed by atoms with E-state index >= 15 is 0 Å². The summed E-state index contributed by atoms with van der Waals surface area (Å²) in [6.07, 6.45) is 0.310. The third-order valence-electron chi connectivity index (χ3n) is 4.54. The van der Waals surface area contributed by atoms with Gasteiger partial charge < -0.3 is 15.0 Å². The van der Waals surface area contributed by atoms with Crippen LogP contribution >= 0.6 is 23.2 Å². The monoisotopic (exact) mass is 442 g/mol. The summed E-state index contributed by atoms with van der Waals surface area (Å²) in [6, 6.07) is 4.76. The molecule has 1 aliphatic heterocycles. The molecule has 0 aliphatic carbocycles. The van der Waals surface area contributed by atoms with Crippen molar-refractivity contribution in [1.82, 2.24) is 9.80 Å². The molecule has 1 unspecified atom stereocenters. The van der Waals surface area contributed by atoms with E-state index in [-0.39, 0.29) is 17.8 Å². The number of piperazine rings is 1. The quantitative estimate of drug-likeness (QED) is 0.526. The fourth-order valence-electron chi connectivity index (χ4n) is 2.99. The van der Waals surface area contributed by atoms with Gasteiger partial charge in [-0.2, -0.15) is 0 Å². The second-order valence-electron chi connectivity index (χ2n) is 8.12. The van der Waals surface area contributed by atoms with Crippen LogP contribution in [0.4, 0.5) is 10.5 Å². The van der Waals surface area contributed by atoms with Crippen molar-refractivity contribution in [2.75, 3.05) is 31.5 Å². The fourth-order valence-corrected chi connectivity index (χ4v) is 3.29. The molecule has 160 valence electrons. The van der Waals surface area contributed by atoms with Gasteiger partial charge in [0.15, 0.2) is 0 Å². The van der Waals surface area contributed by atoms with E-state index in [1.54, 1.807) is 43.9 Å². The summed E-state index contributed by atoms with van der Waals surface area (Å²) in [6.45, 7) is 9.76. The molecule has 0 saturated carbocycles. The average Bonchev–Trinajstić information content (AvgIpc) is 2.63. The molecule has 29 heavy (non-hydrogen) atoms. The van der Waals surface area contributed by atoms with Gasteiger partial charge in [-0.3, -0.25) is 10.3 Å². The van der Waals surface area contributed by atoms with Crippen molar-refractivity contribution in [2.45, 2.75) is 45.8 Å². The predicted octanol–water partition coefficient (Wildman–Crippen LogP) is 4.28. The van der Waals surface area contributed by atoms with Crippen molar-refractivity contribution < 1.29 is 14.3 Å². The van der Waals surface area contributed by atoms with Gasteiger partial charge in [0.2, 0.25) is 0 Å². The summed E-state index contributed by atoms with van der Waals surface area (Å²) in [4.78, 5) is 28.4. The molecule has 2 rings (SSSR count). The molecule has 7 nitrogen and oxygen atoms in total. The zero-order valence-electron chi connectivity index (χ0n) is 17.2. The molecule has 1 atom stereocenters. The summed E-state index contributed by atoms with van der Waals surface area (Å²) < 4.78 is 5.25. The Labute approximate surface area is 181 Å². The number of rotatable bonds is 5. The highest BCUT2D eigenvalue weighted by Gasteiger charge is 2.27. The number of esters is 1. The Morgan fingerprint density at radius 3 is 2.34 bits per heavy atom. The van der Waals surface area contributed by atoms with Crippen LogP contribution in [-0.4, -0.2) is 65.3 Å². The Morgan fingerprint density at radius 2 is 1.79 bits per heavy atom. The predicted molar refractivity (Wildman–Crippen MR) is 116 cm³/mol. The molecule has 1 heterocycles. The molecule has 9 heteroatoms. The minimum atomic E-state index is -0.611. The van der Waals surface area contributed by atoms with E-state index in [4.69, 9.17) is 33.3 Å². The zero-order chi connectivity index (χ0) is 21.8. The normalized spacial score (nSPS) is 16.3. The standard InChI is InChI=1S/C20H28Cl2N4O3/c1-13(11-17(23)18(27)29-20(2,3)4)25-7-9-26(10-8-25)19(28)24-14-5-6-15(21)16(22)12-14/h5-6,12-13,23H,7-11H2,1-4H3,(H,24,28). The van der Waals surface area contributed by atoms with Crippen LogP contribution in [0.2, 0.25) is 10.0 Å². The Morgan fingerprint density at radius 1 is 1.17 bits per heavy atom. The molecule has 2 amide bonds. The van der Waals surface area contributed by atoms with E-state index in [2.05, 4.69) is 10.2 Å². The zero-order valence-corrected chi connectivity index (χ0v) is 18.7. The Hall–Kier alpha value is -1.83. The lowest BCUT2D eigenvalue weighted by Crippen LogP contribution is -2.52. The molecule has 0 aromatic heterocycles. The molecule has 1 aromatic rings. The van der Waals surface area contributed by atoms with Gasteiger partial charge in [0.25, 0.3) is 0 Å². The highest BCUT2D eigenvalue weighted by molar-refractivity contribution is 6.42. The van der Waals surface area contributed by atoms with Crippen LogP contribution < -0.4 is 5.32 Å². The molecule has 1 fully saturated rings. The number of ether oxygens (including phenoxy) is 1. The second kappa shape index (κ2) is 9.78. The van der Waals surface area contributed by atoms with Gasteiger partial charge in [-0.25, -0.2) is 9.59 Å². The van der Waals surface area contributed by atoms with Gasteiger partial charge in [-0.1, -0.05) is 23.2 Å². The number of carbonyl (C=O) groups is 2. The molecule has 0 radical (unpaired) electrons. The first-order valence-corrected chi connectivity index (χ1v) is 10.3. The first-order valence-electron chi connectivity index (χ1n) is 9.52. The Bertz CT molecular complexity index is 771. The van der Waals surface area contributed by atoms with Crippen LogP contribution in [0.3, 0.4) is 0 Å². The molecule has 0 bridgehead atoms. The lowest BCUT2D eigenvalue weighted by Gasteiger charge is -2.38. The minimum absolute atomic E-state index is 0.00954. The SMILES string of the molecule is CC(CC(=N)C(=O)OC(C)(C)C)N1CCN(C(=O)Nc2ccc(Cl)c(Cl)c2)CC1. The minimum Gasteiger partial charge on any atom is -0.456 e. The third kappa shape index (κ3) is 7.17. The summed E-state index contributed by atoms with van der Waals surface area (Å²) >= 11 is 11.9. The lowest BCUT2D eigenvalue weighted by atomic mass is 10.1. The van der Waals surface area contributed by atoms with E-state index in [9.17, 15) is 9.59 Å². The summed E-state index contributed by atoms with van der Waals surface area (Å²) in [7, 11) is 0. The maximum atomic E-state index is 12.5. The van der Waals surface area contributed by atoms with Gasteiger partial charge in [-0.15, -0.1) is 0 Å². The topological polar surface area (TPSA) is 85.7 Å². The second-order valence-corrected chi connectivity index (χ2v) is 8.93. The van der Waals surface area contributed by atoms with Crippen molar-refractivity contribution >= 4 is 46.6 Å². The van der Waals surface area contributed by atoms with Gasteiger partial charge in [-0.05, 0) is 45.9 Å². The highest BCUT2D eigenvalue weighted by Crippen LogP contribution is 2.25. The third-order valence-corrected chi connectivity index (χ3v) is 5.28. The molecular weight excluding hydrogens is 415 g/mol. The van der Waals surface area contributed by atoms with Gasteiger partial charge in [0.1, 0.15) is 11.3 Å². The van der Waals surface area contributed by atoms with Gasteiger partial charge in [0, 0.05) is 44.3 Å². The van der Waals surface area contributed by atoms with Crippen molar-refractivity contribution in [2.24, 2.45) is 0 Å². The van der Waals surface area contributed by atoms with E-state index in [0.717, 1.165) is 0 Å². The molecule has 1 aromatic carbocycles. The number of benzene rings is 1. The number of urea groups is 1. The first-order chi connectivity index (χ1) is 13.5. The van der Waals surface area contributed by atoms with E-state index < -0.39 is 11.6 Å². The lowest BCUT2D eigenvalue weighted by molar-refractivity contribution is -0.146. The van der Waals surface area contributed by atoms with Crippen molar-refractivity contribution in [3.05, 3.63) is 28.2 Å². The number of hydrogen-bond acceptors (Lipinski definition) is 5. The van der Waals surface area contributed by atoms with E-state index in [1.165, 1.54) is 0 Å². The summed E-state index contributed by atoms with van der Waals surface area (Å²) in [5, 5.41) is 11.6. The Kier molecular flexibility index (Phi) is 7.91. The largest absolute Gasteiger partial charge is 0.456 e. The maximum absolute atomic E-state index is 12.5. The van der Waals surface area contributed by atoms with Crippen molar-refractivity contribution in [3.63, 3.8) is 0 Å². The average molecular weight is 443 g/mol. The number of hydrogen-bond donors (Lipinski definition) is 2. The fraction of sp³-hybridized carbons (Fsp3) is 0.550. The van der Waals surface area contributed by atoms with Crippen LogP contribution in [0.25, 0.3) is 0 Å². The number of halogens is 2. The summed E-state index contributed by atoms with van der Waals surface area (Å²) in [5.74, 6) is -0.580. The number of anilines is 1. The number of amides is 2. The van der Waals surface area contributed by atoms with Gasteiger partial charge in [0.05, 0.1) is 10.0 Å². The van der Waals surface area contributed by atoms with E-state index in [1.807, 2.05) is 6.92 Å². The molecule has 2 N–H and O–H groups in total. The van der Waals surface area contributed by atoms with Crippen LogP contribution in [0.1, 0.15) is 34.1 Å². The van der Waals surface area contributed by atoms with Crippen LogP contribution in [0.5, 0.6) is 0 Å². The van der Waals surface area contributed by atoms with Gasteiger partial charge >= 0.3 is 12.0 Å². The summed E-state index contributed by atoms with van der Waals surface area (Å²) in [5.41, 5.74) is -0.0573. The van der Waals surface area contributed by atoms with Crippen molar-refractivity contribution in [3.8, 4) is 0 Å². The van der Waals surface area contributed by atoms with Crippen molar-refractivity contribution in [1.29, 1.82) is 5.41 Å². The number of nitrogens with one attached hydrogen (secondary N) is 2. The molecule has 1 saturated heterocycles. The molecular formula is C20H28Cl2N4O3. The maximum Gasteiger partial charge on any atom is 0.352 e. The Balaban J connectivity index is 1.81. The highest BCUT2D eigenvalue weighted by atomic mass is 35.5. The number of nitrogens with zero attached hydrogens (tertiary/aromatic N) is 2. The molecule has 0 spiro atoms. The first kappa shape index (κ1) is 23.4. The van der Waals surface area contributed by atoms with Crippen LogP contribution in [0, 0.1) is 5.41 Å². The van der Waals surface area contributed by atoms with Crippen LogP contribution in [-0.2, 0) is 9.53 Å². The van der Waals surface area contributed by atoms with E-state index in [0.29, 0.717) is 48.3 Å².